The average molecular weight is 507 g/mol. The van der Waals surface area contributed by atoms with Crippen LogP contribution in [0, 0.1) is 5.82 Å². The highest BCUT2D eigenvalue weighted by Crippen LogP contribution is 2.48. The molecule has 1 aliphatic carbocycles. The van der Waals surface area contributed by atoms with E-state index >= 15 is 0 Å². The first-order chi connectivity index (χ1) is 18.6. The standard InChI is InChI=1S/C32H27FN2O3/c33-25-9-5-4-8-21(25)26-14-12-22-27(34-26)15-13-24-30-29(19-6-2-1-3-7-19)23-11-10-20(32(36)37)18-28(23)35(30)16-17-38-31(22)24/h4-5,8-15,18-19H,1-3,6-7,16-17H2,(H,36,37). The Morgan fingerprint density at radius 1 is 0.947 bits per heavy atom. The fourth-order valence-electron chi connectivity index (χ4n) is 6.41. The summed E-state index contributed by atoms with van der Waals surface area (Å²) in [5, 5.41) is 11.7. The van der Waals surface area contributed by atoms with Gasteiger partial charge in [0.05, 0.1) is 29.0 Å². The third-order valence-electron chi connectivity index (χ3n) is 8.15. The van der Waals surface area contributed by atoms with E-state index in [-0.39, 0.29) is 5.82 Å². The Bertz CT molecular complexity index is 1730. The van der Waals surface area contributed by atoms with E-state index < -0.39 is 5.97 Å². The predicted molar refractivity (Wildman–Crippen MR) is 146 cm³/mol. The second-order valence-corrected chi connectivity index (χ2v) is 10.3. The minimum Gasteiger partial charge on any atom is -0.490 e. The van der Waals surface area contributed by atoms with Crippen LogP contribution >= 0.6 is 0 Å². The van der Waals surface area contributed by atoms with Gasteiger partial charge in [0.2, 0.25) is 0 Å². The molecule has 1 N–H and O–H groups in total. The third-order valence-corrected chi connectivity index (χ3v) is 8.15. The van der Waals surface area contributed by atoms with Gasteiger partial charge in [-0.05, 0) is 72.9 Å². The molecule has 0 amide bonds. The Labute approximate surface area is 219 Å². The van der Waals surface area contributed by atoms with Gasteiger partial charge in [0.15, 0.2) is 0 Å². The Morgan fingerprint density at radius 2 is 1.76 bits per heavy atom. The molecule has 2 aromatic heterocycles. The summed E-state index contributed by atoms with van der Waals surface area (Å²) in [6, 6.07) is 20.1. The normalized spacial score (nSPS) is 15.6. The molecule has 0 unspecified atom stereocenters. The molecule has 3 aromatic carbocycles. The first kappa shape index (κ1) is 23.0. The third kappa shape index (κ3) is 3.58. The molecule has 0 bridgehead atoms. The number of carbonyl (C=O) groups is 1. The predicted octanol–water partition coefficient (Wildman–Crippen LogP) is 7.80. The van der Waals surface area contributed by atoms with Gasteiger partial charge in [-0.2, -0.15) is 0 Å². The molecule has 1 fully saturated rings. The van der Waals surface area contributed by atoms with Crippen molar-refractivity contribution in [3.63, 3.8) is 0 Å². The summed E-state index contributed by atoms with van der Waals surface area (Å²) in [5.74, 6) is -0.0177. The number of ether oxygens (including phenoxy) is 1. The molecule has 1 aliphatic heterocycles. The Kier molecular flexibility index (Phi) is 5.43. The van der Waals surface area contributed by atoms with Gasteiger partial charge in [0.1, 0.15) is 18.2 Å². The van der Waals surface area contributed by atoms with E-state index in [4.69, 9.17) is 9.72 Å². The molecule has 5 aromatic rings. The number of hydrogen-bond acceptors (Lipinski definition) is 3. The molecule has 0 radical (unpaired) electrons. The highest BCUT2D eigenvalue weighted by molar-refractivity contribution is 6.01. The number of rotatable bonds is 3. The Hall–Kier alpha value is -4.19. The zero-order valence-corrected chi connectivity index (χ0v) is 20.9. The lowest BCUT2D eigenvalue weighted by atomic mass is 9.81. The van der Waals surface area contributed by atoms with Crippen molar-refractivity contribution in [2.24, 2.45) is 0 Å². The summed E-state index contributed by atoms with van der Waals surface area (Å²) in [6.45, 7) is 1.08. The first-order valence-corrected chi connectivity index (χ1v) is 13.3. The van der Waals surface area contributed by atoms with Crippen molar-refractivity contribution >= 4 is 27.8 Å². The molecule has 1 saturated carbocycles. The number of fused-ring (bicyclic) bond motifs is 7. The molecule has 5 nitrogen and oxygen atoms in total. The van der Waals surface area contributed by atoms with Crippen LogP contribution in [0.3, 0.4) is 0 Å². The molecule has 7 rings (SSSR count). The SMILES string of the molecule is O=C(O)c1ccc2c(C3CCCCC3)c3n(c2c1)CCOc1c-3ccc2nc(-c3ccccc3F)ccc12. The van der Waals surface area contributed by atoms with E-state index in [0.29, 0.717) is 35.9 Å². The molecule has 0 saturated heterocycles. The van der Waals surface area contributed by atoms with Crippen molar-refractivity contribution in [3.05, 3.63) is 83.7 Å². The lowest BCUT2D eigenvalue weighted by Gasteiger charge is -2.23. The number of benzene rings is 3. The van der Waals surface area contributed by atoms with Gasteiger partial charge in [-0.25, -0.2) is 14.2 Å². The molecule has 38 heavy (non-hydrogen) atoms. The largest absolute Gasteiger partial charge is 0.490 e. The molecule has 0 spiro atoms. The van der Waals surface area contributed by atoms with Crippen molar-refractivity contribution in [2.75, 3.05) is 6.61 Å². The van der Waals surface area contributed by atoms with Crippen molar-refractivity contribution in [3.8, 4) is 28.3 Å². The van der Waals surface area contributed by atoms with Gasteiger partial charge in [-0.15, -0.1) is 0 Å². The lowest BCUT2D eigenvalue weighted by molar-refractivity contribution is 0.0697. The van der Waals surface area contributed by atoms with Gasteiger partial charge in [0.25, 0.3) is 0 Å². The summed E-state index contributed by atoms with van der Waals surface area (Å²) >= 11 is 0. The van der Waals surface area contributed by atoms with Crippen LogP contribution in [0.2, 0.25) is 0 Å². The summed E-state index contributed by atoms with van der Waals surface area (Å²) in [6.07, 6.45) is 5.92. The van der Waals surface area contributed by atoms with Crippen LogP contribution in [0.25, 0.3) is 44.3 Å². The van der Waals surface area contributed by atoms with Gasteiger partial charge in [-0.1, -0.05) is 37.5 Å². The maximum atomic E-state index is 14.5. The highest BCUT2D eigenvalue weighted by Gasteiger charge is 2.30. The summed E-state index contributed by atoms with van der Waals surface area (Å²) in [7, 11) is 0. The topological polar surface area (TPSA) is 64.3 Å². The average Bonchev–Trinajstić information content (AvgIpc) is 3.13. The van der Waals surface area contributed by atoms with Crippen LogP contribution < -0.4 is 4.74 Å². The van der Waals surface area contributed by atoms with Gasteiger partial charge < -0.3 is 14.4 Å². The number of carboxylic acid groups (broad SMARTS) is 1. The summed E-state index contributed by atoms with van der Waals surface area (Å²) in [4.78, 5) is 16.6. The fourth-order valence-corrected chi connectivity index (χ4v) is 6.41. The summed E-state index contributed by atoms with van der Waals surface area (Å²) < 4.78 is 23.1. The van der Waals surface area contributed by atoms with Crippen LogP contribution in [0.15, 0.2) is 66.7 Å². The van der Waals surface area contributed by atoms with Gasteiger partial charge >= 0.3 is 5.97 Å². The number of pyridine rings is 1. The zero-order valence-electron chi connectivity index (χ0n) is 20.9. The monoisotopic (exact) mass is 506 g/mol. The van der Waals surface area contributed by atoms with Crippen LogP contribution in [-0.4, -0.2) is 27.2 Å². The second kappa shape index (κ2) is 8.98. The zero-order chi connectivity index (χ0) is 25.8. The maximum Gasteiger partial charge on any atom is 0.335 e. The van der Waals surface area contributed by atoms with Crippen molar-refractivity contribution in [2.45, 2.75) is 44.6 Å². The minimum absolute atomic E-state index is 0.293. The molecule has 3 heterocycles. The Morgan fingerprint density at radius 3 is 2.58 bits per heavy atom. The number of nitrogens with zero attached hydrogens (tertiary/aromatic N) is 2. The molecular formula is C32H27FN2O3. The van der Waals surface area contributed by atoms with E-state index in [1.54, 1.807) is 18.2 Å². The van der Waals surface area contributed by atoms with Gasteiger partial charge in [0, 0.05) is 27.4 Å². The molecule has 6 heteroatoms. The van der Waals surface area contributed by atoms with Crippen molar-refractivity contribution < 1.29 is 19.0 Å². The lowest BCUT2D eigenvalue weighted by Crippen LogP contribution is -2.07. The van der Waals surface area contributed by atoms with E-state index in [1.165, 1.54) is 30.9 Å². The van der Waals surface area contributed by atoms with E-state index in [0.717, 1.165) is 51.7 Å². The van der Waals surface area contributed by atoms with Crippen molar-refractivity contribution in [1.29, 1.82) is 0 Å². The van der Waals surface area contributed by atoms with Crippen LogP contribution in [0.5, 0.6) is 5.75 Å². The van der Waals surface area contributed by atoms with Crippen LogP contribution in [0.4, 0.5) is 4.39 Å². The molecular weight excluding hydrogens is 479 g/mol. The first-order valence-electron chi connectivity index (χ1n) is 13.3. The molecule has 190 valence electrons. The fraction of sp³-hybridized carbons (Fsp3) is 0.250. The number of aromatic nitrogens is 2. The number of aromatic carboxylic acids is 1. The van der Waals surface area contributed by atoms with E-state index in [1.807, 2.05) is 36.4 Å². The number of halogens is 1. The maximum absolute atomic E-state index is 14.5. The van der Waals surface area contributed by atoms with Crippen molar-refractivity contribution in [1.82, 2.24) is 9.55 Å². The summed E-state index contributed by atoms with van der Waals surface area (Å²) in [5.41, 5.74) is 6.49. The second-order valence-electron chi connectivity index (χ2n) is 10.3. The highest BCUT2D eigenvalue weighted by atomic mass is 19.1. The van der Waals surface area contributed by atoms with E-state index in [2.05, 4.69) is 10.6 Å². The molecule has 0 atom stereocenters. The smallest absolute Gasteiger partial charge is 0.335 e. The minimum atomic E-state index is -0.922. The number of hydrogen-bond donors (Lipinski definition) is 1. The van der Waals surface area contributed by atoms with E-state index in [9.17, 15) is 14.3 Å². The quantitative estimate of drug-likeness (QED) is 0.271. The van der Waals surface area contributed by atoms with Gasteiger partial charge in [-0.3, -0.25) is 0 Å². The van der Waals surface area contributed by atoms with Crippen LogP contribution in [0.1, 0.15) is 53.9 Å². The molecule has 2 aliphatic rings. The number of carboxylic acids is 1. The van der Waals surface area contributed by atoms with Crippen LogP contribution in [-0.2, 0) is 6.54 Å². The Balaban J connectivity index is 1.47.